The highest BCUT2D eigenvalue weighted by Crippen LogP contribution is 2.06. The molecule has 0 aromatic carbocycles. The number of amides is 1. The highest BCUT2D eigenvalue weighted by molar-refractivity contribution is 5.81. The molecule has 1 fully saturated rings. The van der Waals surface area contributed by atoms with Crippen LogP contribution in [0, 0.1) is 0 Å². The number of piperidine rings is 1. The van der Waals surface area contributed by atoms with Crippen molar-refractivity contribution in [1.82, 2.24) is 15.6 Å². The van der Waals surface area contributed by atoms with Gasteiger partial charge in [-0.05, 0) is 37.4 Å². The Morgan fingerprint density at radius 3 is 3.18 bits per heavy atom. The van der Waals surface area contributed by atoms with Gasteiger partial charge < -0.3 is 10.6 Å². The van der Waals surface area contributed by atoms with E-state index in [4.69, 9.17) is 0 Å². The molecule has 0 radical (unpaired) electrons. The molecule has 4 nitrogen and oxygen atoms in total. The van der Waals surface area contributed by atoms with Crippen molar-refractivity contribution in [3.63, 3.8) is 0 Å². The lowest BCUT2D eigenvalue weighted by molar-refractivity contribution is -0.123. The van der Waals surface area contributed by atoms with Gasteiger partial charge in [0.25, 0.3) is 0 Å². The maximum absolute atomic E-state index is 11.8. The van der Waals surface area contributed by atoms with Crippen LogP contribution in [0.25, 0.3) is 0 Å². The summed E-state index contributed by atoms with van der Waals surface area (Å²) in [6, 6.07) is 3.95. The van der Waals surface area contributed by atoms with Crippen molar-refractivity contribution in [3.05, 3.63) is 30.1 Å². The molecule has 1 saturated heterocycles. The summed E-state index contributed by atoms with van der Waals surface area (Å²) >= 11 is 0. The van der Waals surface area contributed by atoms with E-state index >= 15 is 0 Å². The molecule has 1 aromatic heterocycles. The molecule has 0 unspecified atom stereocenters. The quantitative estimate of drug-likeness (QED) is 0.812. The highest BCUT2D eigenvalue weighted by atomic mass is 16.2. The minimum Gasteiger partial charge on any atom is -0.354 e. The van der Waals surface area contributed by atoms with Crippen molar-refractivity contribution in [2.75, 3.05) is 13.1 Å². The number of pyridine rings is 1. The van der Waals surface area contributed by atoms with E-state index in [9.17, 15) is 4.79 Å². The second-order valence-corrected chi connectivity index (χ2v) is 4.40. The fraction of sp³-hybridized carbons (Fsp3) is 0.538. The fourth-order valence-corrected chi connectivity index (χ4v) is 2.07. The third-order valence-corrected chi connectivity index (χ3v) is 3.06. The van der Waals surface area contributed by atoms with Gasteiger partial charge in [-0.15, -0.1) is 0 Å². The third-order valence-electron chi connectivity index (χ3n) is 3.06. The molecule has 0 spiro atoms. The molecular formula is C13H19N3O. The van der Waals surface area contributed by atoms with Gasteiger partial charge in [-0.1, -0.05) is 12.5 Å². The standard InChI is InChI=1S/C13H19N3O/c17-13(12-5-1-2-8-15-12)16-9-6-11-4-3-7-14-10-11/h3-4,7,10,12,15H,1-2,5-6,8-9H2,(H,16,17)/t12-/m1/s1. The van der Waals surface area contributed by atoms with Crippen molar-refractivity contribution < 1.29 is 4.79 Å². The number of aromatic nitrogens is 1. The van der Waals surface area contributed by atoms with Gasteiger partial charge in [-0.3, -0.25) is 9.78 Å². The Kier molecular flexibility index (Phi) is 4.50. The van der Waals surface area contributed by atoms with Crippen LogP contribution in [0.15, 0.2) is 24.5 Å². The molecule has 1 aromatic rings. The maximum atomic E-state index is 11.8. The second kappa shape index (κ2) is 6.35. The Balaban J connectivity index is 1.69. The van der Waals surface area contributed by atoms with E-state index in [0.29, 0.717) is 6.54 Å². The normalized spacial score (nSPS) is 19.9. The number of carbonyl (C=O) groups is 1. The van der Waals surface area contributed by atoms with Crippen molar-refractivity contribution in [1.29, 1.82) is 0 Å². The maximum Gasteiger partial charge on any atom is 0.237 e. The summed E-state index contributed by atoms with van der Waals surface area (Å²) < 4.78 is 0. The predicted octanol–water partition coefficient (Wildman–Crippen LogP) is 0.882. The van der Waals surface area contributed by atoms with Crippen molar-refractivity contribution in [2.45, 2.75) is 31.7 Å². The van der Waals surface area contributed by atoms with Crippen LogP contribution >= 0.6 is 0 Å². The lowest BCUT2D eigenvalue weighted by atomic mass is 10.0. The van der Waals surface area contributed by atoms with E-state index < -0.39 is 0 Å². The van der Waals surface area contributed by atoms with Gasteiger partial charge in [-0.25, -0.2) is 0 Å². The Morgan fingerprint density at radius 2 is 2.47 bits per heavy atom. The van der Waals surface area contributed by atoms with Gasteiger partial charge in [-0.2, -0.15) is 0 Å². The number of rotatable bonds is 4. The SMILES string of the molecule is O=C(NCCc1cccnc1)[C@H]1CCCCN1. The Morgan fingerprint density at radius 1 is 1.53 bits per heavy atom. The van der Waals surface area contributed by atoms with E-state index in [1.165, 1.54) is 6.42 Å². The average molecular weight is 233 g/mol. The van der Waals surface area contributed by atoms with Crippen LogP contribution in [0.1, 0.15) is 24.8 Å². The molecule has 2 heterocycles. The second-order valence-electron chi connectivity index (χ2n) is 4.40. The molecule has 1 amide bonds. The van der Waals surface area contributed by atoms with Gasteiger partial charge in [0.1, 0.15) is 0 Å². The number of hydrogen-bond acceptors (Lipinski definition) is 3. The van der Waals surface area contributed by atoms with Gasteiger partial charge in [0.15, 0.2) is 0 Å². The van der Waals surface area contributed by atoms with Crippen LogP contribution in [0.2, 0.25) is 0 Å². The van der Waals surface area contributed by atoms with Gasteiger partial charge in [0.2, 0.25) is 5.91 Å². The van der Waals surface area contributed by atoms with Gasteiger partial charge >= 0.3 is 0 Å². The molecule has 92 valence electrons. The molecule has 1 aliphatic heterocycles. The highest BCUT2D eigenvalue weighted by Gasteiger charge is 2.19. The van der Waals surface area contributed by atoms with Gasteiger partial charge in [0.05, 0.1) is 6.04 Å². The Labute approximate surface area is 102 Å². The molecule has 2 N–H and O–H groups in total. The molecule has 17 heavy (non-hydrogen) atoms. The van der Waals surface area contributed by atoms with Crippen LogP contribution in [0.5, 0.6) is 0 Å². The van der Waals surface area contributed by atoms with Crippen LogP contribution in [-0.2, 0) is 11.2 Å². The topological polar surface area (TPSA) is 54.0 Å². The van der Waals surface area contributed by atoms with E-state index in [0.717, 1.165) is 31.4 Å². The van der Waals surface area contributed by atoms with Gasteiger partial charge in [0, 0.05) is 18.9 Å². The van der Waals surface area contributed by atoms with Crippen LogP contribution in [0.3, 0.4) is 0 Å². The first-order chi connectivity index (χ1) is 8.36. The molecule has 0 bridgehead atoms. The number of nitrogens with zero attached hydrogens (tertiary/aromatic N) is 1. The van der Waals surface area contributed by atoms with E-state index in [1.54, 1.807) is 6.20 Å². The first kappa shape index (κ1) is 12.0. The predicted molar refractivity (Wildman–Crippen MR) is 66.6 cm³/mol. The number of carbonyl (C=O) groups excluding carboxylic acids is 1. The largest absolute Gasteiger partial charge is 0.354 e. The lowest BCUT2D eigenvalue weighted by Crippen LogP contribution is -2.47. The summed E-state index contributed by atoms with van der Waals surface area (Å²) in [5.74, 6) is 0.133. The molecule has 4 heteroatoms. The third kappa shape index (κ3) is 3.82. The molecular weight excluding hydrogens is 214 g/mol. The minimum atomic E-state index is 0.0117. The summed E-state index contributed by atoms with van der Waals surface area (Å²) in [6.07, 6.45) is 7.72. The minimum absolute atomic E-state index is 0.0117. The molecule has 1 aliphatic rings. The molecule has 1 atom stereocenters. The zero-order valence-electron chi connectivity index (χ0n) is 9.98. The Bertz CT molecular complexity index is 347. The number of hydrogen-bond donors (Lipinski definition) is 2. The van der Waals surface area contributed by atoms with Crippen LogP contribution in [-0.4, -0.2) is 30.0 Å². The molecule has 0 saturated carbocycles. The summed E-state index contributed by atoms with van der Waals surface area (Å²) in [6.45, 7) is 1.64. The first-order valence-corrected chi connectivity index (χ1v) is 6.26. The lowest BCUT2D eigenvalue weighted by Gasteiger charge is -2.22. The molecule has 2 rings (SSSR count). The van der Waals surface area contributed by atoms with Crippen molar-refractivity contribution in [2.24, 2.45) is 0 Å². The average Bonchev–Trinajstić information content (AvgIpc) is 2.41. The van der Waals surface area contributed by atoms with Crippen LogP contribution in [0.4, 0.5) is 0 Å². The monoisotopic (exact) mass is 233 g/mol. The molecule has 0 aliphatic carbocycles. The summed E-state index contributed by atoms with van der Waals surface area (Å²) in [5, 5.41) is 6.21. The van der Waals surface area contributed by atoms with E-state index in [1.807, 2.05) is 18.3 Å². The summed E-state index contributed by atoms with van der Waals surface area (Å²) in [5.41, 5.74) is 1.16. The van der Waals surface area contributed by atoms with E-state index in [2.05, 4.69) is 15.6 Å². The van der Waals surface area contributed by atoms with Crippen molar-refractivity contribution >= 4 is 5.91 Å². The summed E-state index contributed by atoms with van der Waals surface area (Å²) in [7, 11) is 0. The summed E-state index contributed by atoms with van der Waals surface area (Å²) in [4.78, 5) is 15.8. The zero-order valence-corrected chi connectivity index (χ0v) is 9.98. The first-order valence-electron chi connectivity index (χ1n) is 6.26. The fourth-order valence-electron chi connectivity index (χ4n) is 2.07. The van der Waals surface area contributed by atoms with Crippen LogP contribution < -0.4 is 10.6 Å². The van der Waals surface area contributed by atoms with E-state index in [-0.39, 0.29) is 11.9 Å². The smallest absolute Gasteiger partial charge is 0.237 e. The number of nitrogens with one attached hydrogen (secondary N) is 2. The van der Waals surface area contributed by atoms with Crippen molar-refractivity contribution in [3.8, 4) is 0 Å². The Hall–Kier alpha value is -1.42. The zero-order chi connectivity index (χ0) is 11.9.